The molecule has 0 saturated heterocycles. The first kappa shape index (κ1) is 27.6. The Kier molecular flexibility index (Phi) is 8.69. The second-order valence-corrected chi connectivity index (χ2v) is 11.9. The van der Waals surface area contributed by atoms with Gasteiger partial charge >= 0.3 is 0 Å². The Balaban J connectivity index is 1.88. The van der Waals surface area contributed by atoms with Crippen molar-refractivity contribution >= 4 is 33.2 Å². The van der Waals surface area contributed by atoms with Crippen molar-refractivity contribution in [1.82, 2.24) is 5.32 Å². The van der Waals surface area contributed by atoms with E-state index in [0.717, 1.165) is 9.87 Å². The smallest absolute Gasteiger partial charge is 0.264 e. The van der Waals surface area contributed by atoms with Crippen LogP contribution in [0.4, 0.5) is 5.69 Å². The summed E-state index contributed by atoms with van der Waals surface area (Å²) in [6.07, 6.45) is 0.675. The standard InChI is InChI=1S/C28H33ClN2O4S/c1-20-11-14-24(15-12-20)36(33,34)31(25-17-23(29)13-16-26(25)35-5)19-27(32)30-21(2)18-28(3,4)22-9-7-6-8-10-22/h6-17,21H,18-19H2,1-5H3,(H,30,32). The number of amides is 1. The van der Waals surface area contributed by atoms with Gasteiger partial charge in [-0.2, -0.15) is 0 Å². The van der Waals surface area contributed by atoms with Crippen LogP contribution in [0.15, 0.2) is 77.7 Å². The number of nitrogens with one attached hydrogen (secondary N) is 1. The van der Waals surface area contributed by atoms with Gasteiger partial charge in [0.05, 0.1) is 17.7 Å². The van der Waals surface area contributed by atoms with Gasteiger partial charge < -0.3 is 10.1 Å². The van der Waals surface area contributed by atoms with E-state index in [1.807, 2.05) is 32.0 Å². The van der Waals surface area contributed by atoms with Crippen molar-refractivity contribution in [3.05, 3.63) is 88.9 Å². The maximum absolute atomic E-state index is 13.7. The summed E-state index contributed by atoms with van der Waals surface area (Å²) in [6.45, 7) is 7.61. The zero-order valence-corrected chi connectivity index (χ0v) is 22.9. The van der Waals surface area contributed by atoms with Crippen LogP contribution in [0.5, 0.6) is 5.75 Å². The third kappa shape index (κ3) is 6.59. The molecule has 0 spiro atoms. The van der Waals surface area contributed by atoms with Gasteiger partial charge in [-0.25, -0.2) is 8.42 Å². The number of hydrogen-bond donors (Lipinski definition) is 1. The summed E-state index contributed by atoms with van der Waals surface area (Å²) in [4.78, 5) is 13.3. The Bertz CT molecular complexity index is 1290. The summed E-state index contributed by atoms with van der Waals surface area (Å²) in [5, 5.41) is 3.30. The number of halogens is 1. The summed E-state index contributed by atoms with van der Waals surface area (Å²) in [5.74, 6) is -0.134. The molecule has 0 aliphatic heterocycles. The van der Waals surface area contributed by atoms with Crippen molar-refractivity contribution in [3.63, 3.8) is 0 Å². The Morgan fingerprint density at radius 3 is 2.31 bits per heavy atom. The number of sulfonamides is 1. The van der Waals surface area contributed by atoms with Crippen molar-refractivity contribution < 1.29 is 17.9 Å². The molecule has 0 aliphatic rings. The van der Waals surface area contributed by atoms with E-state index in [9.17, 15) is 13.2 Å². The normalized spacial score (nSPS) is 12.6. The second-order valence-electron chi connectivity index (χ2n) is 9.56. The molecule has 3 rings (SSSR count). The number of carbonyl (C=O) groups excluding carboxylic acids is 1. The molecule has 1 atom stereocenters. The average molecular weight is 529 g/mol. The summed E-state index contributed by atoms with van der Waals surface area (Å²) in [7, 11) is -2.65. The molecular formula is C28H33ClN2O4S. The Labute approximate surface area is 219 Å². The summed E-state index contributed by atoms with van der Waals surface area (Å²) in [5.41, 5.74) is 2.10. The average Bonchev–Trinajstić information content (AvgIpc) is 2.83. The zero-order chi connectivity index (χ0) is 26.5. The van der Waals surface area contributed by atoms with E-state index in [1.165, 1.54) is 30.9 Å². The summed E-state index contributed by atoms with van der Waals surface area (Å²) >= 11 is 6.21. The Morgan fingerprint density at radius 2 is 1.69 bits per heavy atom. The van der Waals surface area contributed by atoms with Gasteiger partial charge in [-0.05, 0) is 61.6 Å². The fourth-order valence-corrected chi connectivity index (χ4v) is 5.86. The predicted octanol–water partition coefficient (Wildman–Crippen LogP) is 5.72. The number of nitrogens with zero attached hydrogens (tertiary/aromatic N) is 1. The molecule has 0 aliphatic carbocycles. The van der Waals surface area contributed by atoms with Crippen molar-refractivity contribution in [1.29, 1.82) is 0 Å². The van der Waals surface area contributed by atoms with Crippen LogP contribution in [-0.4, -0.2) is 34.0 Å². The van der Waals surface area contributed by atoms with E-state index < -0.39 is 22.5 Å². The molecule has 0 aromatic heterocycles. The molecule has 1 unspecified atom stereocenters. The van der Waals surface area contributed by atoms with Crippen molar-refractivity contribution in [2.45, 2.75) is 50.5 Å². The van der Waals surface area contributed by atoms with E-state index in [-0.39, 0.29) is 22.0 Å². The largest absolute Gasteiger partial charge is 0.495 e. The minimum Gasteiger partial charge on any atom is -0.495 e. The van der Waals surface area contributed by atoms with Gasteiger partial charge in [-0.15, -0.1) is 0 Å². The maximum atomic E-state index is 13.7. The molecule has 3 aromatic carbocycles. The number of carbonyl (C=O) groups is 1. The van der Waals surface area contributed by atoms with Crippen LogP contribution < -0.4 is 14.4 Å². The van der Waals surface area contributed by atoms with E-state index in [1.54, 1.807) is 24.3 Å². The third-order valence-corrected chi connectivity index (χ3v) is 8.09. The molecule has 0 bridgehead atoms. The SMILES string of the molecule is COc1ccc(Cl)cc1N(CC(=O)NC(C)CC(C)(C)c1ccccc1)S(=O)(=O)c1ccc(C)cc1. The minimum atomic E-state index is -4.10. The number of aryl methyl sites for hydroxylation is 1. The Morgan fingerprint density at radius 1 is 1.06 bits per heavy atom. The highest BCUT2D eigenvalue weighted by Crippen LogP contribution is 2.35. The zero-order valence-electron chi connectivity index (χ0n) is 21.3. The lowest BCUT2D eigenvalue weighted by Gasteiger charge is -2.30. The molecule has 0 radical (unpaired) electrons. The van der Waals surface area contributed by atoms with Gasteiger partial charge in [0, 0.05) is 11.1 Å². The Hall–Kier alpha value is -3.03. The first-order valence-electron chi connectivity index (χ1n) is 11.7. The van der Waals surface area contributed by atoms with Crippen LogP contribution in [0.2, 0.25) is 5.02 Å². The molecule has 192 valence electrons. The number of methoxy groups -OCH3 is 1. The van der Waals surface area contributed by atoms with Crippen LogP contribution in [0, 0.1) is 6.92 Å². The van der Waals surface area contributed by atoms with Crippen molar-refractivity contribution in [2.75, 3.05) is 18.0 Å². The van der Waals surface area contributed by atoms with Crippen molar-refractivity contribution in [3.8, 4) is 5.75 Å². The first-order valence-corrected chi connectivity index (χ1v) is 13.5. The van der Waals surface area contributed by atoms with Gasteiger partial charge in [0.15, 0.2) is 0 Å². The molecule has 0 heterocycles. The highest BCUT2D eigenvalue weighted by molar-refractivity contribution is 7.92. The number of benzene rings is 3. The van der Waals surface area contributed by atoms with Crippen LogP contribution in [0.25, 0.3) is 0 Å². The first-order chi connectivity index (χ1) is 16.9. The second kappa shape index (κ2) is 11.4. The molecule has 6 nitrogen and oxygen atoms in total. The van der Waals surface area contributed by atoms with Crippen LogP contribution in [-0.2, 0) is 20.2 Å². The number of ether oxygens (including phenoxy) is 1. The van der Waals surface area contributed by atoms with E-state index in [2.05, 4.69) is 31.3 Å². The highest BCUT2D eigenvalue weighted by atomic mass is 35.5. The van der Waals surface area contributed by atoms with Crippen molar-refractivity contribution in [2.24, 2.45) is 0 Å². The fourth-order valence-electron chi connectivity index (χ4n) is 4.27. The fraction of sp³-hybridized carbons (Fsp3) is 0.321. The van der Waals surface area contributed by atoms with E-state index in [0.29, 0.717) is 17.2 Å². The lowest BCUT2D eigenvalue weighted by molar-refractivity contribution is -0.120. The van der Waals surface area contributed by atoms with Crippen LogP contribution in [0.1, 0.15) is 38.3 Å². The number of anilines is 1. The topological polar surface area (TPSA) is 75.7 Å². The van der Waals surface area contributed by atoms with E-state index >= 15 is 0 Å². The van der Waals surface area contributed by atoms with E-state index in [4.69, 9.17) is 16.3 Å². The molecule has 1 amide bonds. The predicted molar refractivity (Wildman–Crippen MR) is 145 cm³/mol. The van der Waals surface area contributed by atoms with Crippen LogP contribution in [0.3, 0.4) is 0 Å². The van der Waals surface area contributed by atoms with Gasteiger partial charge in [-0.3, -0.25) is 9.10 Å². The molecular weight excluding hydrogens is 496 g/mol. The lowest BCUT2D eigenvalue weighted by Crippen LogP contribution is -2.45. The molecule has 8 heteroatoms. The molecule has 3 aromatic rings. The molecule has 0 fully saturated rings. The minimum absolute atomic E-state index is 0.0705. The van der Waals surface area contributed by atoms with Gasteiger partial charge in [0.1, 0.15) is 12.3 Å². The molecule has 36 heavy (non-hydrogen) atoms. The summed E-state index contributed by atoms with van der Waals surface area (Å²) < 4.78 is 33.9. The number of hydrogen-bond acceptors (Lipinski definition) is 4. The third-order valence-electron chi connectivity index (χ3n) is 6.08. The van der Waals surface area contributed by atoms with Gasteiger partial charge in [0.2, 0.25) is 5.91 Å². The monoisotopic (exact) mass is 528 g/mol. The lowest BCUT2D eigenvalue weighted by atomic mass is 9.79. The summed E-state index contributed by atoms with van der Waals surface area (Å²) in [6, 6.07) is 21.0. The van der Waals surface area contributed by atoms with Crippen LogP contribution >= 0.6 is 11.6 Å². The number of rotatable bonds is 10. The highest BCUT2D eigenvalue weighted by Gasteiger charge is 2.31. The molecule has 0 saturated carbocycles. The molecule has 1 N–H and O–H groups in total. The van der Waals surface area contributed by atoms with Gasteiger partial charge in [0.25, 0.3) is 10.0 Å². The maximum Gasteiger partial charge on any atom is 0.264 e. The van der Waals surface area contributed by atoms with Gasteiger partial charge in [-0.1, -0.05) is 73.5 Å². The quantitative estimate of drug-likeness (QED) is 0.365.